The van der Waals surface area contributed by atoms with Crippen LogP contribution in [0.15, 0.2) is 23.1 Å². The second-order valence-corrected chi connectivity index (χ2v) is 5.40. The van der Waals surface area contributed by atoms with Gasteiger partial charge in [-0.15, -0.1) is 12.4 Å². The Labute approximate surface area is 114 Å². The number of hydrogen-bond donors (Lipinski definition) is 2. The molecule has 1 aromatic rings. The van der Waals surface area contributed by atoms with E-state index in [9.17, 15) is 8.42 Å². The molecular formula is C11H19ClN2O3S. The highest BCUT2D eigenvalue weighted by Gasteiger charge is 2.14. The summed E-state index contributed by atoms with van der Waals surface area (Å²) in [7, 11) is -0.0987. The molecule has 0 radical (unpaired) electrons. The van der Waals surface area contributed by atoms with Gasteiger partial charge in [-0.3, -0.25) is 0 Å². The SMILES string of the molecule is CNCCNS(=O)(=O)c1ccc(OC)c(C)c1.Cl. The van der Waals surface area contributed by atoms with E-state index in [1.165, 1.54) is 6.07 Å². The van der Waals surface area contributed by atoms with Crippen molar-refractivity contribution < 1.29 is 13.2 Å². The molecule has 2 N–H and O–H groups in total. The van der Waals surface area contributed by atoms with Crippen molar-refractivity contribution >= 4 is 22.4 Å². The lowest BCUT2D eigenvalue weighted by Crippen LogP contribution is -2.30. The van der Waals surface area contributed by atoms with E-state index in [1.807, 2.05) is 6.92 Å². The molecular weight excluding hydrogens is 276 g/mol. The fourth-order valence-corrected chi connectivity index (χ4v) is 2.53. The minimum absolute atomic E-state index is 0. The Morgan fingerprint density at radius 1 is 1.28 bits per heavy atom. The summed E-state index contributed by atoms with van der Waals surface area (Å²) in [5, 5.41) is 2.87. The summed E-state index contributed by atoms with van der Waals surface area (Å²) in [5.41, 5.74) is 0.795. The van der Waals surface area contributed by atoms with Gasteiger partial charge in [-0.2, -0.15) is 0 Å². The van der Waals surface area contributed by atoms with Crippen LogP contribution in [-0.4, -0.2) is 35.7 Å². The van der Waals surface area contributed by atoms with Crippen molar-refractivity contribution in [2.75, 3.05) is 27.2 Å². The van der Waals surface area contributed by atoms with Crippen molar-refractivity contribution in [2.24, 2.45) is 0 Å². The van der Waals surface area contributed by atoms with Crippen LogP contribution in [0.5, 0.6) is 5.75 Å². The molecule has 1 rings (SSSR count). The zero-order chi connectivity index (χ0) is 12.9. The molecule has 1 aromatic carbocycles. The third-order valence-corrected chi connectivity index (χ3v) is 3.80. The maximum atomic E-state index is 11.9. The molecule has 0 heterocycles. The van der Waals surface area contributed by atoms with Gasteiger partial charge in [0, 0.05) is 13.1 Å². The number of rotatable bonds is 6. The maximum Gasteiger partial charge on any atom is 0.240 e. The largest absolute Gasteiger partial charge is 0.496 e. The highest BCUT2D eigenvalue weighted by atomic mass is 35.5. The maximum absolute atomic E-state index is 11.9. The minimum Gasteiger partial charge on any atom is -0.496 e. The highest BCUT2D eigenvalue weighted by Crippen LogP contribution is 2.20. The van der Waals surface area contributed by atoms with E-state index in [-0.39, 0.29) is 17.3 Å². The Hall–Kier alpha value is -0.820. The summed E-state index contributed by atoms with van der Waals surface area (Å²) in [4.78, 5) is 0.256. The summed E-state index contributed by atoms with van der Waals surface area (Å²) in [6.45, 7) is 2.77. The quantitative estimate of drug-likeness (QED) is 0.766. The van der Waals surface area contributed by atoms with Crippen molar-refractivity contribution in [3.63, 3.8) is 0 Å². The molecule has 0 saturated carbocycles. The van der Waals surface area contributed by atoms with Gasteiger partial charge in [0.2, 0.25) is 10.0 Å². The Morgan fingerprint density at radius 2 is 1.94 bits per heavy atom. The lowest BCUT2D eigenvalue weighted by Gasteiger charge is -2.09. The molecule has 0 aliphatic carbocycles. The fourth-order valence-electron chi connectivity index (χ4n) is 1.41. The molecule has 5 nitrogen and oxygen atoms in total. The zero-order valence-electron chi connectivity index (χ0n) is 10.7. The number of halogens is 1. The second kappa shape index (κ2) is 7.58. The predicted molar refractivity (Wildman–Crippen MR) is 74.1 cm³/mol. The van der Waals surface area contributed by atoms with Crippen LogP contribution in [0, 0.1) is 6.92 Å². The lowest BCUT2D eigenvalue weighted by atomic mass is 10.2. The van der Waals surface area contributed by atoms with Gasteiger partial charge in [-0.1, -0.05) is 0 Å². The molecule has 0 fully saturated rings. The summed E-state index contributed by atoms with van der Waals surface area (Å²) >= 11 is 0. The summed E-state index contributed by atoms with van der Waals surface area (Å²) in [5.74, 6) is 0.680. The molecule has 0 amide bonds. The van der Waals surface area contributed by atoms with Crippen molar-refractivity contribution in [3.05, 3.63) is 23.8 Å². The molecule has 0 saturated heterocycles. The molecule has 0 aliphatic heterocycles. The van der Waals surface area contributed by atoms with Crippen molar-refractivity contribution in [1.29, 1.82) is 0 Å². The number of methoxy groups -OCH3 is 1. The van der Waals surface area contributed by atoms with E-state index in [0.29, 0.717) is 18.8 Å². The first-order valence-corrected chi connectivity index (χ1v) is 6.78. The Kier molecular flexibility index (Phi) is 7.23. The molecule has 0 unspecified atom stereocenters. The van der Waals surface area contributed by atoms with Crippen LogP contribution in [0.4, 0.5) is 0 Å². The number of nitrogens with one attached hydrogen (secondary N) is 2. The Bertz CT molecular complexity index is 477. The topological polar surface area (TPSA) is 67.4 Å². The average molecular weight is 295 g/mol. The molecule has 0 spiro atoms. The first-order chi connectivity index (χ1) is 8.01. The van der Waals surface area contributed by atoms with Crippen LogP contribution >= 0.6 is 12.4 Å². The van der Waals surface area contributed by atoms with Crippen LogP contribution in [0.2, 0.25) is 0 Å². The minimum atomic E-state index is -3.43. The van der Waals surface area contributed by atoms with Crippen LogP contribution in [0.3, 0.4) is 0 Å². The fraction of sp³-hybridized carbons (Fsp3) is 0.455. The lowest BCUT2D eigenvalue weighted by molar-refractivity contribution is 0.411. The number of aryl methyl sites for hydroxylation is 1. The second-order valence-electron chi connectivity index (χ2n) is 3.63. The van der Waals surface area contributed by atoms with Gasteiger partial charge in [-0.05, 0) is 37.7 Å². The van der Waals surface area contributed by atoms with E-state index in [4.69, 9.17) is 4.74 Å². The van der Waals surface area contributed by atoms with Crippen molar-refractivity contribution in [1.82, 2.24) is 10.0 Å². The monoisotopic (exact) mass is 294 g/mol. The third kappa shape index (κ3) is 4.45. The first-order valence-electron chi connectivity index (χ1n) is 5.30. The summed E-state index contributed by atoms with van der Waals surface area (Å²) in [6.07, 6.45) is 0. The smallest absolute Gasteiger partial charge is 0.240 e. The summed E-state index contributed by atoms with van der Waals surface area (Å²) in [6, 6.07) is 4.79. The summed E-state index contributed by atoms with van der Waals surface area (Å²) < 4.78 is 31.4. The van der Waals surface area contributed by atoms with Crippen molar-refractivity contribution in [3.8, 4) is 5.75 Å². The van der Waals surface area contributed by atoms with Gasteiger partial charge in [0.1, 0.15) is 5.75 Å². The molecule has 7 heteroatoms. The average Bonchev–Trinajstić information content (AvgIpc) is 2.29. The number of ether oxygens (including phenoxy) is 1. The van der Waals surface area contributed by atoms with E-state index in [1.54, 1.807) is 26.3 Å². The van der Waals surface area contributed by atoms with E-state index >= 15 is 0 Å². The Morgan fingerprint density at radius 3 is 2.44 bits per heavy atom. The van der Waals surface area contributed by atoms with Gasteiger partial charge in [-0.25, -0.2) is 13.1 Å². The number of benzene rings is 1. The molecule has 104 valence electrons. The molecule has 0 bridgehead atoms. The van der Waals surface area contributed by atoms with Gasteiger partial charge in [0.15, 0.2) is 0 Å². The molecule has 0 aromatic heterocycles. The van der Waals surface area contributed by atoms with Crippen LogP contribution < -0.4 is 14.8 Å². The molecule has 0 aliphatic rings. The van der Waals surface area contributed by atoms with Crippen LogP contribution in [-0.2, 0) is 10.0 Å². The van der Waals surface area contributed by atoms with Gasteiger partial charge >= 0.3 is 0 Å². The number of sulfonamides is 1. The van der Waals surface area contributed by atoms with E-state index in [0.717, 1.165) is 5.56 Å². The highest BCUT2D eigenvalue weighted by molar-refractivity contribution is 7.89. The van der Waals surface area contributed by atoms with E-state index < -0.39 is 10.0 Å². The van der Waals surface area contributed by atoms with Gasteiger partial charge in [0.25, 0.3) is 0 Å². The number of hydrogen-bond acceptors (Lipinski definition) is 4. The normalized spacial score (nSPS) is 10.8. The first kappa shape index (κ1) is 17.2. The Balaban J connectivity index is 0.00000289. The standard InChI is InChI=1S/C11H18N2O3S.ClH/c1-9-8-10(4-5-11(9)16-3)17(14,15)13-7-6-12-2;/h4-5,8,12-13H,6-7H2,1-3H3;1H. The third-order valence-electron chi connectivity index (χ3n) is 2.34. The van der Waals surface area contributed by atoms with Crippen LogP contribution in [0.25, 0.3) is 0 Å². The molecule has 0 atom stereocenters. The predicted octanol–water partition coefficient (Wildman–Crippen LogP) is 0.923. The van der Waals surface area contributed by atoms with Crippen LogP contribution in [0.1, 0.15) is 5.56 Å². The molecule has 18 heavy (non-hydrogen) atoms. The zero-order valence-corrected chi connectivity index (χ0v) is 12.3. The van der Waals surface area contributed by atoms with Gasteiger partial charge in [0.05, 0.1) is 12.0 Å². The number of likely N-dealkylation sites (N-methyl/N-ethyl adjacent to an activating group) is 1. The van der Waals surface area contributed by atoms with Crippen molar-refractivity contribution in [2.45, 2.75) is 11.8 Å². The van der Waals surface area contributed by atoms with E-state index in [2.05, 4.69) is 10.0 Å². The van der Waals surface area contributed by atoms with Gasteiger partial charge < -0.3 is 10.1 Å².